The number of amides is 2. The molecule has 31 heavy (non-hydrogen) atoms. The highest BCUT2D eigenvalue weighted by molar-refractivity contribution is 6.30. The van der Waals surface area contributed by atoms with Gasteiger partial charge in [-0.1, -0.05) is 11.6 Å². The third kappa shape index (κ3) is 4.86. The van der Waals surface area contributed by atoms with Crippen LogP contribution in [0.5, 0.6) is 0 Å². The number of nitrogens with zero attached hydrogens (tertiary/aromatic N) is 4. The molecule has 1 saturated heterocycles. The third-order valence-corrected chi connectivity index (χ3v) is 6.38. The van der Waals surface area contributed by atoms with Gasteiger partial charge in [-0.25, -0.2) is 4.79 Å². The fraction of sp³-hybridized carbons (Fsp3) is 0.417. The molecule has 0 saturated carbocycles. The Hall–Kier alpha value is -2.57. The average molecular weight is 441 g/mol. The van der Waals surface area contributed by atoms with Crippen LogP contribution in [0.15, 0.2) is 42.5 Å². The Morgan fingerprint density at radius 3 is 2.35 bits per heavy atom. The maximum absolute atomic E-state index is 12.8. The fourth-order valence-corrected chi connectivity index (χ4v) is 4.43. The van der Waals surface area contributed by atoms with Crippen LogP contribution in [0.4, 0.5) is 16.2 Å². The first-order chi connectivity index (χ1) is 14.9. The molecule has 2 aromatic rings. The van der Waals surface area contributed by atoms with Crippen molar-refractivity contribution in [1.29, 1.82) is 0 Å². The van der Waals surface area contributed by atoms with Crippen molar-refractivity contribution in [3.63, 3.8) is 0 Å². The minimum absolute atomic E-state index is 0.0180. The molecule has 2 heterocycles. The summed E-state index contributed by atoms with van der Waals surface area (Å²) in [6.45, 7) is 5.23. The van der Waals surface area contributed by atoms with Crippen molar-refractivity contribution in [3.8, 4) is 0 Å². The summed E-state index contributed by atoms with van der Waals surface area (Å²) in [7, 11) is 3.51. The van der Waals surface area contributed by atoms with Gasteiger partial charge < -0.3 is 9.80 Å². The molecule has 2 amide bonds. The topological polar surface area (TPSA) is 47.1 Å². The first-order valence-corrected chi connectivity index (χ1v) is 11.2. The summed E-state index contributed by atoms with van der Waals surface area (Å²) >= 11 is 5.98. The van der Waals surface area contributed by atoms with Gasteiger partial charge in [-0.3, -0.25) is 14.6 Å². The van der Waals surface area contributed by atoms with E-state index in [-0.39, 0.29) is 11.8 Å². The van der Waals surface area contributed by atoms with Gasteiger partial charge >= 0.3 is 6.03 Å². The van der Waals surface area contributed by atoms with Gasteiger partial charge in [-0.05, 0) is 54.4 Å². The van der Waals surface area contributed by atoms with E-state index in [0.29, 0.717) is 13.0 Å². The Bertz CT molecular complexity index is 953. The average Bonchev–Trinajstić information content (AvgIpc) is 3.21. The standard InChI is InChI=1S/C24H29ClN4O2/c1-26(2)24(31)29-12-9-18-17-19(3-8-22(18)29)23(30)10-11-27-13-15-28(16-14-27)21-6-4-20(25)5-7-21/h3-8,17H,9-16H2,1-2H3. The Balaban J connectivity index is 1.29. The van der Waals surface area contributed by atoms with E-state index in [9.17, 15) is 9.59 Å². The number of hydrogen-bond acceptors (Lipinski definition) is 4. The van der Waals surface area contributed by atoms with Crippen molar-refractivity contribution in [3.05, 3.63) is 58.6 Å². The molecule has 0 atom stereocenters. The van der Waals surface area contributed by atoms with Crippen molar-refractivity contribution in [2.75, 3.05) is 63.2 Å². The van der Waals surface area contributed by atoms with Crippen molar-refractivity contribution in [1.82, 2.24) is 9.80 Å². The molecular formula is C24H29ClN4O2. The molecular weight excluding hydrogens is 412 g/mol. The summed E-state index contributed by atoms with van der Waals surface area (Å²) in [5.41, 5.74) is 3.95. The van der Waals surface area contributed by atoms with Crippen LogP contribution in [0.3, 0.4) is 0 Å². The highest BCUT2D eigenvalue weighted by Crippen LogP contribution is 2.30. The number of carbonyl (C=O) groups is 2. The molecule has 0 aliphatic carbocycles. The highest BCUT2D eigenvalue weighted by Gasteiger charge is 2.26. The van der Waals surface area contributed by atoms with E-state index < -0.39 is 0 Å². The quantitative estimate of drug-likeness (QED) is 0.664. The van der Waals surface area contributed by atoms with Crippen LogP contribution >= 0.6 is 11.6 Å². The summed E-state index contributed by atoms with van der Waals surface area (Å²) in [5, 5.41) is 0.754. The summed E-state index contributed by atoms with van der Waals surface area (Å²) in [4.78, 5) is 33.2. The molecule has 0 N–H and O–H groups in total. The van der Waals surface area contributed by atoms with Crippen molar-refractivity contribution >= 4 is 34.8 Å². The van der Waals surface area contributed by atoms with Gasteiger partial charge in [-0.2, -0.15) is 0 Å². The normalized spacial score (nSPS) is 16.4. The van der Waals surface area contributed by atoms with Crippen molar-refractivity contribution < 1.29 is 9.59 Å². The van der Waals surface area contributed by atoms with Gasteiger partial charge in [0.15, 0.2) is 5.78 Å². The van der Waals surface area contributed by atoms with E-state index in [1.54, 1.807) is 23.9 Å². The minimum atomic E-state index is -0.0180. The highest BCUT2D eigenvalue weighted by atomic mass is 35.5. The fourth-order valence-electron chi connectivity index (χ4n) is 4.30. The molecule has 0 bridgehead atoms. The lowest BCUT2D eigenvalue weighted by Crippen LogP contribution is -2.46. The number of halogens is 1. The summed E-state index contributed by atoms with van der Waals surface area (Å²) in [5.74, 6) is 0.167. The smallest absolute Gasteiger partial charge is 0.323 e. The maximum atomic E-state index is 12.8. The van der Waals surface area contributed by atoms with Crippen molar-refractivity contribution in [2.45, 2.75) is 12.8 Å². The molecule has 2 aromatic carbocycles. The molecule has 6 nitrogen and oxygen atoms in total. The SMILES string of the molecule is CN(C)C(=O)N1CCc2cc(C(=O)CCN3CCN(c4ccc(Cl)cc4)CC3)ccc21. The monoisotopic (exact) mass is 440 g/mol. The van der Waals surface area contributed by atoms with Crippen molar-refractivity contribution in [2.24, 2.45) is 0 Å². The van der Waals surface area contributed by atoms with E-state index in [2.05, 4.69) is 21.9 Å². The predicted molar refractivity (Wildman–Crippen MR) is 126 cm³/mol. The second kappa shape index (κ2) is 9.28. The first kappa shape index (κ1) is 21.7. The number of rotatable bonds is 5. The Kier molecular flexibility index (Phi) is 6.49. The van der Waals surface area contributed by atoms with Crippen LogP contribution in [0.25, 0.3) is 0 Å². The summed E-state index contributed by atoms with van der Waals surface area (Å²) < 4.78 is 0. The summed E-state index contributed by atoms with van der Waals surface area (Å²) in [6.07, 6.45) is 1.31. The van der Waals surface area contributed by atoms with Gasteiger partial charge in [0.1, 0.15) is 0 Å². The van der Waals surface area contributed by atoms with Crippen LogP contribution in [-0.4, -0.2) is 75.0 Å². The predicted octanol–water partition coefficient (Wildman–Crippen LogP) is 3.78. The van der Waals surface area contributed by atoms with Gasteiger partial charge in [-0.15, -0.1) is 0 Å². The number of ketones is 1. The van der Waals surface area contributed by atoms with Crippen LogP contribution in [0, 0.1) is 0 Å². The molecule has 2 aliphatic rings. The molecule has 1 fully saturated rings. The maximum Gasteiger partial charge on any atom is 0.323 e. The van der Waals surface area contributed by atoms with Crippen LogP contribution in [-0.2, 0) is 6.42 Å². The molecule has 7 heteroatoms. The number of benzene rings is 2. The largest absolute Gasteiger partial charge is 0.369 e. The molecule has 2 aliphatic heterocycles. The Labute approximate surface area is 189 Å². The summed E-state index contributed by atoms with van der Waals surface area (Å²) in [6, 6.07) is 13.7. The van der Waals surface area contributed by atoms with Gasteiger partial charge in [0.25, 0.3) is 0 Å². The number of anilines is 2. The van der Waals surface area contributed by atoms with Gasteiger partial charge in [0.05, 0.1) is 0 Å². The number of fused-ring (bicyclic) bond motifs is 1. The zero-order valence-electron chi connectivity index (χ0n) is 18.2. The van der Waals surface area contributed by atoms with Gasteiger partial charge in [0.2, 0.25) is 0 Å². The minimum Gasteiger partial charge on any atom is -0.369 e. The zero-order valence-corrected chi connectivity index (χ0v) is 18.9. The lowest BCUT2D eigenvalue weighted by atomic mass is 10.0. The Morgan fingerprint density at radius 2 is 1.68 bits per heavy atom. The zero-order chi connectivity index (χ0) is 22.0. The lowest BCUT2D eigenvalue weighted by Gasteiger charge is -2.36. The molecule has 0 spiro atoms. The number of Topliss-reactive ketones (excluding diaryl/α,β-unsaturated/α-hetero) is 1. The lowest BCUT2D eigenvalue weighted by molar-refractivity contribution is 0.0962. The Morgan fingerprint density at radius 1 is 0.968 bits per heavy atom. The van der Waals surface area contributed by atoms with Crippen LogP contribution < -0.4 is 9.80 Å². The second-order valence-electron chi connectivity index (χ2n) is 8.40. The number of carbonyl (C=O) groups excluding carboxylic acids is 2. The van der Waals surface area contributed by atoms with Gasteiger partial charge in [0, 0.05) is 81.7 Å². The molecule has 0 unspecified atom stereocenters. The number of hydrogen-bond donors (Lipinski definition) is 0. The number of urea groups is 1. The molecule has 4 rings (SSSR count). The van der Waals surface area contributed by atoms with Crippen LogP contribution in [0.2, 0.25) is 5.02 Å². The van der Waals surface area contributed by atoms with E-state index in [1.165, 1.54) is 5.69 Å². The molecule has 0 radical (unpaired) electrons. The van der Waals surface area contributed by atoms with E-state index in [1.807, 2.05) is 30.3 Å². The second-order valence-corrected chi connectivity index (χ2v) is 8.84. The van der Waals surface area contributed by atoms with E-state index in [0.717, 1.165) is 61.0 Å². The van der Waals surface area contributed by atoms with E-state index >= 15 is 0 Å². The number of piperazine rings is 1. The van der Waals surface area contributed by atoms with E-state index in [4.69, 9.17) is 11.6 Å². The third-order valence-electron chi connectivity index (χ3n) is 6.13. The molecule has 164 valence electrons. The first-order valence-electron chi connectivity index (χ1n) is 10.8. The van der Waals surface area contributed by atoms with Crippen LogP contribution in [0.1, 0.15) is 22.3 Å². The molecule has 0 aromatic heterocycles.